The van der Waals surface area contributed by atoms with Crippen molar-refractivity contribution < 1.29 is 22.8 Å². The number of halogens is 4. The van der Waals surface area contributed by atoms with Crippen LogP contribution in [0.4, 0.5) is 24.5 Å². The summed E-state index contributed by atoms with van der Waals surface area (Å²) in [5.41, 5.74) is 5.15. The lowest BCUT2D eigenvalue weighted by atomic mass is 9.88. The molecule has 4 aromatic rings. The predicted octanol–water partition coefficient (Wildman–Crippen LogP) is 3.36. The molecule has 2 aliphatic heterocycles. The van der Waals surface area contributed by atoms with Crippen molar-refractivity contribution in [2.75, 3.05) is 24.1 Å². The molecule has 15 heteroatoms. The Morgan fingerprint density at radius 1 is 1.12 bits per heavy atom. The number of amides is 2. The van der Waals surface area contributed by atoms with E-state index < -0.39 is 17.8 Å². The Morgan fingerprint density at radius 2 is 1.88 bits per heavy atom. The summed E-state index contributed by atoms with van der Waals surface area (Å²) in [5.74, 6) is -0.870. The third kappa shape index (κ3) is 4.78. The third-order valence-electron chi connectivity index (χ3n) is 7.24. The van der Waals surface area contributed by atoms with Gasteiger partial charge < -0.3 is 25.8 Å². The first kappa shape index (κ1) is 26.8. The molecule has 0 saturated carbocycles. The highest BCUT2D eigenvalue weighted by atomic mass is 35.5. The molecule has 2 bridgehead atoms. The van der Waals surface area contributed by atoms with E-state index in [1.165, 1.54) is 36.0 Å². The number of pyridine rings is 1. The number of aromatic nitrogens is 5. The Kier molecular flexibility index (Phi) is 6.46. The van der Waals surface area contributed by atoms with E-state index >= 15 is 0 Å². The second-order valence-electron chi connectivity index (χ2n) is 9.87. The number of hydrogen-bond acceptors (Lipinski definition) is 7. The second-order valence-corrected chi connectivity index (χ2v) is 10.3. The molecule has 0 radical (unpaired) electrons. The highest BCUT2D eigenvalue weighted by Crippen LogP contribution is 2.37. The number of fused-ring (bicyclic) bond motifs is 2. The second kappa shape index (κ2) is 9.89. The standard InChI is InChI=1S/C26H23ClF3N9O2/c1-37-20(18-12-38(36-22(18)26(28,29)30)21-5-2-13(31)8-33-21)11-34-23(37)24(40)35-14-3-4-17(19(27)6-14)25(41)39-15-7-16(39)10-32-9-15/h2-6,8,11-12,15-16,32H,7,9-10,31H2,1H3,(H,35,40). The molecular formula is C26H23ClF3N9O2. The van der Waals surface area contributed by atoms with Gasteiger partial charge in [-0.1, -0.05) is 11.6 Å². The number of anilines is 2. The molecule has 2 aliphatic rings. The maximum atomic E-state index is 13.9. The fourth-order valence-corrected chi connectivity index (χ4v) is 5.46. The summed E-state index contributed by atoms with van der Waals surface area (Å²) in [6.07, 6.45) is -0.200. The average Bonchev–Trinajstić information content (AvgIpc) is 3.53. The molecule has 1 aromatic carbocycles. The molecule has 0 spiro atoms. The molecule has 2 unspecified atom stereocenters. The minimum absolute atomic E-state index is 0.0118. The summed E-state index contributed by atoms with van der Waals surface area (Å²) in [4.78, 5) is 36.0. The van der Waals surface area contributed by atoms with Crippen molar-refractivity contribution in [1.29, 1.82) is 0 Å². The number of nitrogens with two attached hydrogens (primary N) is 1. The lowest BCUT2D eigenvalue weighted by molar-refractivity contribution is -0.140. The van der Waals surface area contributed by atoms with E-state index in [9.17, 15) is 22.8 Å². The minimum Gasteiger partial charge on any atom is -0.397 e. The summed E-state index contributed by atoms with van der Waals surface area (Å²) in [5, 5.41) is 9.77. The summed E-state index contributed by atoms with van der Waals surface area (Å²) in [7, 11) is 1.42. The van der Waals surface area contributed by atoms with Gasteiger partial charge in [0.1, 0.15) is 0 Å². The van der Waals surface area contributed by atoms with Gasteiger partial charge in [0.25, 0.3) is 11.8 Å². The van der Waals surface area contributed by atoms with Gasteiger partial charge in [0.15, 0.2) is 17.3 Å². The van der Waals surface area contributed by atoms with Gasteiger partial charge >= 0.3 is 6.18 Å². The highest BCUT2D eigenvalue weighted by Gasteiger charge is 2.45. The molecule has 41 heavy (non-hydrogen) atoms. The maximum Gasteiger partial charge on any atom is 0.435 e. The third-order valence-corrected chi connectivity index (χ3v) is 7.55. The molecule has 2 atom stereocenters. The molecule has 2 fully saturated rings. The highest BCUT2D eigenvalue weighted by molar-refractivity contribution is 6.34. The zero-order valence-corrected chi connectivity index (χ0v) is 22.2. The molecular weight excluding hydrogens is 563 g/mol. The average molecular weight is 586 g/mol. The smallest absolute Gasteiger partial charge is 0.397 e. The van der Waals surface area contributed by atoms with Gasteiger partial charge in [-0.15, -0.1) is 0 Å². The normalized spacial score (nSPS) is 18.2. The molecule has 5 heterocycles. The lowest BCUT2D eigenvalue weighted by Gasteiger charge is -2.53. The van der Waals surface area contributed by atoms with E-state index in [1.807, 2.05) is 4.90 Å². The van der Waals surface area contributed by atoms with Gasteiger partial charge in [0.05, 0.1) is 39.9 Å². The molecule has 212 valence electrons. The van der Waals surface area contributed by atoms with E-state index in [-0.39, 0.29) is 45.9 Å². The predicted molar refractivity (Wildman–Crippen MR) is 144 cm³/mol. The topological polar surface area (TPSA) is 136 Å². The fraction of sp³-hybridized carbons (Fsp3) is 0.269. The van der Waals surface area contributed by atoms with Crippen LogP contribution in [0.1, 0.15) is 33.1 Å². The Morgan fingerprint density at radius 3 is 2.51 bits per heavy atom. The molecule has 11 nitrogen and oxygen atoms in total. The van der Waals surface area contributed by atoms with Gasteiger partial charge in [-0.05, 0) is 36.8 Å². The largest absolute Gasteiger partial charge is 0.435 e. The first-order valence-electron chi connectivity index (χ1n) is 12.6. The van der Waals surface area contributed by atoms with Crippen molar-refractivity contribution in [3.8, 4) is 17.1 Å². The van der Waals surface area contributed by atoms with Gasteiger partial charge in [0.2, 0.25) is 0 Å². The van der Waals surface area contributed by atoms with Crippen molar-refractivity contribution in [2.45, 2.75) is 24.7 Å². The number of piperidine rings is 1. The van der Waals surface area contributed by atoms with Crippen molar-refractivity contribution in [1.82, 2.24) is 34.5 Å². The van der Waals surface area contributed by atoms with Crippen molar-refractivity contribution >= 4 is 34.8 Å². The van der Waals surface area contributed by atoms with Crippen LogP contribution in [0.2, 0.25) is 5.02 Å². The van der Waals surface area contributed by atoms with E-state index in [4.69, 9.17) is 17.3 Å². The van der Waals surface area contributed by atoms with Crippen LogP contribution in [0, 0.1) is 0 Å². The fourth-order valence-electron chi connectivity index (χ4n) is 5.20. The van der Waals surface area contributed by atoms with E-state index in [2.05, 4.69) is 25.7 Å². The Labute approximate surface area is 236 Å². The van der Waals surface area contributed by atoms with Crippen LogP contribution in [-0.4, -0.2) is 66.2 Å². The number of alkyl halides is 3. The number of nitrogens with zero attached hydrogens (tertiary/aromatic N) is 6. The Hall–Kier alpha value is -4.43. The van der Waals surface area contributed by atoms with Crippen molar-refractivity contribution in [3.63, 3.8) is 0 Å². The quantitative estimate of drug-likeness (QED) is 0.327. The summed E-state index contributed by atoms with van der Waals surface area (Å²) in [6, 6.07) is 7.75. The molecule has 6 rings (SSSR count). The Bertz CT molecular complexity index is 1650. The number of nitrogens with one attached hydrogen (secondary N) is 2. The van der Waals surface area contributed by atoms with Crippen LogP contribution < -0.4 is 16.4 Å². The van der Waals surface area contributed by atoms with Crippen LogP contribution in [0.25, 0.3) is 17.1 Å². The van der Waals surface area contributed by atoms with Crippen LogP contribution in [-0.2, 0) is 13.2 Å². The molecule has 2 saturated heterocycles. The van der Waals surface area contributed by atoms with Crippen LogP contribution >= 0.6 is 11.6 Å². The number of carbonyl (C=O) groups is 2. The summed E-state index contributed by atoms with van der Waals surface area (Å²) in [6.45, 7) is 1.48. The number of hydrogen-bond donors (Lipinski definition) is 3. The van der Waals surface area contributed by atoms with Crippen molar-refractivity contribution in [2.24, 2.45) is 7.05 Å². The number of nitrogen functional groups attached to an aromatic ring is 1. The number of piperazine rings is 1. The summed E-state index contributed by atoms with van der Waals surface area (Å²) < 4.78 is 44.0. The van der Waals surface area contributed by atoms with Gasteiger partial charge in [0, 0.05) is 44.1 Å². The lowest BCUT2D eigenvalue weighted by Crippen LogP contribution is -2.69. The van der Waals surface area contributed by atoms with Crippen LogP contribution in [0.15, 0.2) is 48.9 Å². The summed E-state index contributed by atoms with van der Waals surface area (Å²) >= 11 is 6.41. The molecule has 4 N–H and O–H groups in total. The number of carbonyl (C=O) groups excluding carboxylic acids is 2. The van der Waals surface area contributed by atoms with Crippen LogP contribution in [0.5, 0.6) is 0 Å². The zero-order chi connectivity index (χ0) is 29.1. The first-order chi connectivity index (χ1) is 19.5. The number of imidazole rings is 1. The van der Waals surface area contributed by atoms with Gasteiger partial charge in [-0.25, -0.2) is 14.6 Å². The zero-order valence-electron chi connectivity index (χ0n) is 21.5. The van der Waals surface area contributed by atoms with E-state index in [0.29, 0.717) is 16.9 Å². The number of benzene rings is 1. The monoisotopic (exact) mass is 585 g/mol. The van der Waals surface area contributed by atoms with Crippen LogP contribution in [0.3, 0.4) is 0 Å². The molecule has 2 amide bonds. The maximum absolute atomic E-state index is 13.9. The van der Waals surface area contributed by atoms with Crippen molar-refractivity contribution in [3.05, 3.63) is 71.0 Å². The first-order valence-corrected chi connectivity index (χ1v) is 12.9. The van der Waals surface area contributed by atoms with E-state index in [0.717, 1.165) is 36.6 Å². The number of rotatable bonds is 5. The van der Waals surface area contributed by atoms with Gasteiger partial charge in [-0.3, -0.25) is 9.59 Å². The minimum atomic E-state index is -4.79. The Balaban J connectivity index is 1.24. The van der Waals surface area contributed by atoms with E-state index in [1.54, 1.807) is 12.1 Å². The molecule has 3 aromatic heterocycles. The SMILES string of the molecule is Cn1c(-c2cn(-c3ccc(N)cn3)nc2C(F)(F)F)cnc1C(=O)Nc1ccc(C(=O)N2C3CNCC2C3)c(Cl)c1. The van der Waals surface area contributed by atoms with Gasteiger partial charge in [-0.2, -0.15) is 18.3 Å². The molecule has 0 aliphatic carbocycles.